The topological polar surface area (TPSA) is 109 Å². The van der Waals surface area contributed by atoms with E-state index in [0.717, 1.165) is 5.56 Å². The monoisotopic (exact) mass is 586 g/mol. The number of benzene rings is 3. The highest BCUT2D eigenvalue weighted by atomic mass is 32.1. The summed E-state index contributed by atoms with van der Waals surface area (Å²) < 4.78 is 23.6. The molecule has 5 rings (SSSR count). The molecule has 1 N–H and O–H groups in total. The molecular weight excluding hydrogens is 556 g/mol. The number of hydrogen-bond acceptors (Lipinski definition) is 9. The Hall–Kier alpha value is -4.67. The van der Waals surface area contributed by atoms with E-state index in [2.05, 4.69) is 4.99 Å². The summed E-state index contributed by atoms with van der Waals surface area (Å²) in [6, 6.07) is 21.2. The van der Waals surface area contributed by atoms with E-state index in [-0.39, 0.29) is 30.1 Å². The molecule has 1 aromatic heterocycles. The van der Waals surface area contributed by atoms with Crippen molar-refractivity contribution in [3.05, 3.63) is 120 Å². The number of thiazole rings is 1. The minimum atomic E-state index is -0.768. The standard InChI is InChI=1S/C32H30N2O7S/c1-20-28(31(37)40-16-15-38-2)29(23-10-12-24(13-11-23)41-19-21-7-5-4-6-8-21)34-30(36)27(42-32(34)33-20)18-22-9-14-25(35)26(17-22)39-3/h4-14,17-18,29,35H,15-16,19H2,1-3H3/b27-18-. The van der Waals surface area contributed by atoms with E-state index in [9.17, 15) is 14.7 Å². The molecule has 9 nitrogen and oxygen atoms in total. The average Bonchev–Trinajstić information content (AvgIpc) is 3.31. The first-order valence-corrected chi connectivity index (χ1v) is 14.0. The van der Waals surface area contributed by atoms with E-state index >= 15 is 0 Å². The largest absolute Gasteiger partial charge is 0.504 e. The van der Waals surface area contributed by atoms with Gasteiger partial charge in [-0.2, -0.15) is 0 Å². The SMILES string of the molecule is COCCOC(=O)C1=C(C)N=c2s/c(=C\c3ccc(O)c(OC)c3)c(=O)n2C1c1ccc(OCc2ccccc2)cc1. The first kappa shape index (κ1) is 28.8. The maximum Gasteiger partial charge on any atom is 0.338 e. The molecule has 0 spiro atoms. The Morgan fingerprint density at radius 1 is 1.05 bits per heavy atom. The molecule has 3 aromatic carbocycles. The summed E-state index contributed by atoms with van der Waals surface area (Å²) in [5.41, 5.74) is 2.84. The van der Waals surface area contributed by atoms with Crippen molar-refractivity contribution in [3.63, 3.8) is 0 Å². The van der Waals surface area contributed by atoms with Crippen LogP contribution in [0.2, 0.25) is 0 Å². The number of phenols is 1. The number of ether oxygens (including phenoxy) is 4. The highest BCUT2D eigenvalue weighted by Gasteiger charge is 2.33. The van der Waals surface area contributed by atoms with E-state index in [1.54, 1.807) is 25.1 Å². The van der Waals surface area contributed by atoms with Gasteiger partial charge >= 0.3 is 5.97 Å². The Bertz CT molecular complexity index is 1790. The Balaban J connectivity index is 1.55. The third-order valence-corrected chi connectivity index (χ3v) is 7.69. The maximum absolute atomic E-state index is 13.9. The summed E-state index contributed by atoms with van der Waals surface area (Å²) in [7, 11) is 2.98. The van der Waals surface area contributed by atoms with E-state index in [0.29, 0.717) is 44.3 Å². The van der Waals surface area contributed by atoms with Gasteiger partial charge in [-0.3, -0.25) is 9.36 Å². The molecular formula is C32H30N2O7S. The van der Waals surface area contributed by atoms with Crippen molar-refractivity contribution in [3.8, 4) is 17.2 Å². The minimum Gasteiger partial charge on any atom is -0.504 e. The fraction of sp³-hybridized carbons (Fsp3) is 0.219. The second-order valence-electron chi connectivity index (χ2n) is 9.49. The van der Waals surface area contributed by atoms with Crippen LogP contribution in [-0.4, -0.2) is 43.1 Å². The van der Waals surface area contributed by atoms with Crippen LogP contribution >= 0.6 is 11.3 Å². The predicted molar refractivity (Wildman–Crippen MR) is 158 cm³/mol. The molecule has 42 heavy (non-hydrogen) atoms. The third kappa shape index (κ3) is 6.14. The van der Waals surface area contributed by atoms with Crippen LogP contribution in [-0.2, 0) is 20.9 Å². The molecule has 0 aliphatic carbocycles. The molecule has 1 aliphatic heterocycles. The van der Waals surface area contributed by atoms with E-state index < -0.39 is 12.0 Å². The normalized spacial score (nSPS) is 14.7. The van der Waals surface area contributed by atoms with Crippen LogP contribution in [0.3, 0.4) is 0 Å². The summed E-state index contributed by atoms with van der Waals surface area (Å²) in [5, 5.41) is 9.96. The van der Waals surface area contributed by atoms with Crippen molar-refractivity contribution in [2.75, 3.05) is 27.4 Å². The number of carbonyl (C=O) groups excluding carboxylic acids is 1. The van der Waals surface area contributed by atoms with Gasteiger partial charge in [-0.1, -0.05) is 59.9 Å². The van der Waals surface area contributed by atoms with Crippen molar-refractivity contribution in [2.24, 2.45) is 4.99 Å². The van der Waals surface area contributed by atoms with Crippen molar-refractivity contribution >= 4 is 23.4 Å². The molecule has 10 heteroatoms. The molecule has 216 valence electrons. The summed E-state index contributed by atoms with van der Waals surface area (Å²) in [6.07, 6.45) is 1.71. The lowest BCUT2D eigenvalue weighted by molar-refractivity contribution is -0.140. The number of aromatic nitrogens is 1. The maximum atomic E-state index is 13.9. The molecule has 0 radical (unpaired) electrons. The van der Waals surface area contributed by atoms with Crippen LogP contribution in [0.4, 0.5) is 0 Å². The Morgan fingerprint density at radius 3 is 2.52 bits per heavy atom. The zero-order valence-corrected chi connectivity index (χ0v) is 24.2. The van der Waals surface area contributed by atoms with Crippen LogP contribution in [0.1, 0.15) is 29.7 Å². The summed E-state index contributed by atoms with van der Waals surface area (Å²) in [4.78, 5) is 32.3. The number of hydrogen-bond donors (Lipinski definition) is 1. The minimum absolute atomic E-state index is 0.000410. The van der Waals surface area contributed by atoms with Gasteiger partial charge < -0.3 is 24.1 Å². The molecule has 4 aromatic rings. The number of methoxy groups -OCH3 is 2. The van der Waals surface area contributed by atoms with Crippen LogP contribution in [0.5, 0.6) is 17.2 Å². The lowest BCUT2D eigenvalue weighted by Gasteiger charge is -2.25. The molecule has 0 amide bonds. The molecule has 0 bridgehead atoms. The average molecular weight is 587 g/mol. The van der Waals surface area contributed by atoms with Gasteiger partial charge in [-0.15, -0.1) is 0 Å². The van der Waals surface area contributed by atoms with Crippen molar-refractivity contribution in [1.82, 2.24) is 4.57 Å². The Labute approximate surface area is 246 Å². The highest BCUT2D eigenvalue weighted by molar-refractivity contribution is 7.07. The van der Waals surface area contributed by atoms with Crippen LogP contribution in [0, 0.1) is 0 Å². The van der Waals surface area contributed by atoms with Gasteiger partial charge in [0, 0.05) is 7.11 Å². The van der Waals surface area contributed by atoms with E-state index in [1.807, 2.05) is 54.6 Å². The van der Waals surface area contributed by atoms with Gasteiger partial charge in [0.2, 0.25) is 0 Å². The van der Waals surface area contributed by atoms with Gasteiger partial charge in [-0.05, 0) is 54.0 Å². The summed E-state index contributed by atoms with van der Waals surface area (Å²) in [6.45, 7) is 2.46. The third-order valence-electron chi connectivity index (χ3n) is 6.71. The predicted octanol–water partition coefficient (Wildman–Crippen LogP) is 3.72. The number of esters is 1. The lowest BCUT2D eigenvalue weighted by atomic mass is 9.96. The summed E-state index contributed by atoms with van der Waals surface area (Å²) in [5.74, 6) is 0.377. The second-order valence-corrected chi connectivity index (χ2v) is 10.5. The fourth-order valence-corrected chi connectivity index (χ4v) is 5.66. The molecule has 1 unspecified atom stereocenters. The molecule has 0 saturated carbocycles. The van der Waals surface area contributed by atoms with Crippen molar-refractivity contribution < 1.29 is 28.8 Å². The molecule has 2 heterocycles. The van der Waals surface area contributed by atoms with Gasteiger partial charge in [0.1, 0.15) is 19.0 Å². The van der Waals surface area contributed by atoms with Gasteiger partial charge in [-0.25, -0.2) is 9.79 Å². The number of phenolic OH excluding ortho intramolecular Hbond substituents is 1. The van der Waals surface area contributed by atoms with Crippen molar-refractivity contribution in [2.45, 2.75) is 19.6 Å². The number of aromatic hydroxyl groups is 1. The van der Waals surface area contributed by atoms with Gasteiger partial charge in [0.15, 0.2) is 16.3 Å². The van der Waals surface area contributed by atoms with Gasteiger partial charge in [0.05, 0.1) is 35.6 Å². The van der Waals surface area contributed by atoms with E-state index in [4.69, 9.17) is 18.9 Å². The number of allylic oxidation sites excluding steroid dienone is 1. The Kier molecular flexibility index (Phi) is 8.85. The smallest absolute Gasteiger partial charge is 0.338 e. The van der Waals surface area contributed by atoms with Crippen LogP contribution in [0.25, 0.3) is 6.08 Å². The number of fused-ring (bicyclic) bond motifs is 1. The lowest BCUT2D eigenvalue weighted by Crippen LogP contribution is -2.40. The first-order valence-electron chi connectivity index (χ1n) is 13.2. The number of rotatable bonds is 10. The first-order chi connectivity index (χ1) is 20.4. The fourth-order valence-electron chi connectivity index (χ4n) is 4.62. The number of carbonyl (C=O) groups is 1. The van der Waals surface area contributed by atoms with Crippen LogP contribution < -0.4 is 24.4 Å². The highest BCUT2D eigenvalue weighted by Crippen LogP contribution is 2.32. The Morgan fingerprint density at radius 2 is 1.81 bits per heavy atom. The second kappa shape index (κ2) is 12.9. The molecule has 1 atom stereocenters. The van der Waals surface area contributed by atoms with Crippen molar-refractivity contribution in [1.29, 1.82) is 0 Å². The number of nitrogens with zero attached hydrogens (tertiary/aromatic N) is 2. The van der Waals surface area contributed by atoms with E-state index in [1.165, 1.54) is 36.2 Å². The van der Waals surface area contributed by atoms with Gasteiger partial charge in [0.25, 0.3) is 5.56 Å². The quantitative estimate of drug-likeness (QED) is 0.223. The molecule has 0 fully saturated rings. The summed E-state index contributed by atoms with van der Waals surface area (Å²) >= 11 is 1.21. The molecule has 1 aliphatic rings. The zero-order valence-electron chi connectivity index (χ0n) is 23.4. The molecule has 0 saturated heterocycles. The zero-order chi connectivity index (χ0) is 29.6. The van der Waals surface area contributed by atoms with Crippen LogP contribution in [0.15, 0.2) is 93.9 Å².